The highest BCUT2D eigenvalue weighted by atomic mass is 32.2. The Morgan fingerprint density at radius 2 is 2.00 bits per heavy atom. The van der Waals surface area contributed by atoms with Gasteiger partial charge >= 0.3 is 0 Å². The van der Waals surface area contributed by atoms with Gasteiger partial charge in [0.15, 0.2) is 0 Å². The summed E-state index contributed by atoms with van der Waals surface area (Å²) in [7, 11) is -2.74. The summed E-state index contributed by atoms with van der Waals surface area (Å²) in [5.74, 6) is 0.643. The molecule has 94 valence electrons. The van der Waals surface area contributed by atoms with Crippen molar-refractivity contribution in [3.8, 4) is 0 Å². The maximum atomic E-state index is 11.2. The minimum absolute atomic E-state index is 0.321. The Balaban J connectivity index is 2.00. The van der Waals surface area contributed by atoms with E-state index in [2.05, 4.69) is 11.9 Å². The van der Waals surface area contributed by atoms with E-state index in [1.165, 1.54) is 0 Å². The van der Waals surface area contributed by atoms with Gasteiger partial charge in [0.2, 0.25) is 0 Å². The molecule has 0 bridgehead atoms. The third kappa shape index (κ3) is 5.63. The lowest BCUT2D eigenvalue weighted by atomic mass is 10.1. The quantitative estimate of drug-likeness (QED) is 0.533. The number of nitrogens with one attached hydrogen (secondary N) is 1. The Kier molecular flexibility index (Phi) is 6.01. The fourth-order valence-electron chi connectivity index (χ4n) is 1.70. The SMILES string of the molecule is C=CCCOCCNC1CCS(=O)(=O)CC1. The molecule has 16 heavy (non-hydrogen) atoms. The molecule has 1 aliphatic rings. The highest BCUT2D eigenvalue weighted by Gasteiger charge is 2.22. The van der Waals surface area contributed by atoms with Gasteiger partial charge in [0.1, 0.15) is 9.84 Å². The Bertz CT molecular complexity index is 286. The molecule has 1 saturated heterocycles. The van der Waals surface area contributed by atoms with Crippen LogP contribution in [-0.4, -0.2) is 45.7 Å². The predicted octanol–water partition coefficient (Wildman–Crippen LogP) is 0.746. The van der Waals surface area contributed by atoms with E-state index in [0.29, 0.717) is 30.8 Å². The van der Waals surface area contributed by atoms with Crippen molar-refractivity contribution >= 4 is 9.84 Å². The number of hydrogen-bond acceptors (Lipinski definition) is 4. The van der Waals surface area contributed by atoms with Crippen molar-refractivity contribution < 1.29 is 13.2 Å². The summed E-state index contributed by atoms with van der Waals surface area (Å²) < 4.78 is 27.7. The van der Waals surface area contributed by atoms with Gasteiger partial charge in [-0.25, -0.2) is 8.42 Å². The zero-order chi connectivity index (χ0) is 11.9. The van der Waals surface area contributed by atoms with E-state index in [-0.39, 0.29) is 0 Å². The van der Waals surface area contributed by atoms with Gasteiger partial charge in [0, 0.05) is 12.6 Å². The van der Waals surface area contributed by atoms with Crippen LogP contribution in [0.25, 0.3) is 0 Å². The first-order valence-electron chi connectivity index (χ1n) is 5.76. The minimum Gasteiger partial charge on any atom is -0.380 e. The monoisotopic (exact) mass is 247 g/mol. The van der Waals surface area contributed by atoms with Crippen LogP contribution >= 0.6 is 0 Å². The summed E-state index contributed by atoms with van der Waals surface area (Å²) in [5.41, 5.74) is 0. The molecule has 0 saturated carbocycles. The first kappa shape index (κ1) is 13.7. The van der Waals surface area contributed by atoms with Gasteiger partial charge in [-0.1, -0.05) is 6.08 Å². The van der Waals surface area contributed by atoms with Gasteiger partial charge < -0.3 is 10.1 Å². The van der Waals surface area contributed by atoms with E-state index >= 15 is 0 Å². The van der Waals surface area contributed by atoms with Crippen molar-refractivity contribution in [3.63, 3.8) is 0 Å². The second-order valence-corrected chi connectivity index (χ2v) is 6.37. The summed E-state index contributed by atoms with van der Waals surface area (Å²) in [6.07, 6.45) is 4.17. The van der Waals surface area contributed by atoms with Crippen LogP contribution < -0.4 is 5.32 Å². The molecule has 1 fully saturated rings. The van der Waals surface area contributed by atoms with Crippen molar-refractivity contribution in [2.24, 2.45) is 0 Å². The minimum atomic E-state index is -2.74. The van der Waals surface area contributed by atoms with Crippen LogP contribution in [0.4, 0.5) is 0 Å². The number of sulfone groups is 1. The van der Waals surface area contributed by atoms with Gasteiger partial charge in [-0.3, -0.25) is 0 Å². The molecule has 0 aromatic carbocycles. The standard InChI is InChI=1S/C11H21NO3S/c1-2-3-7-15-8-6-12-11-4-9-16(13,14)10-5-11/h2,11-12H,1,3-10H2. The maximum absolute atomic E-state index is 11.2. The second-order valence-electron chi connectivity index (χ2n) is 4.07. The molecule has 0 amide bonds. The smallest absolute Gasteiger partial charge is 0.150 e. The molecule has 0 aliphatic carbocycles. The van der Waals surface area contributed by atoms with Gasteiger partial charge in [0.25, 0.3) is 0 Å². The van der Waals surface area contributed by atoms with Gasteiger partial charge in [0.05, 0.1) is 24.7 Å². The Morgan fingerprint density at radius 3 is 2.62 bits per heavy atom. The molecule has 0 aromatic rings. The van der Waals surface area contributed by atoms with E-state index in [1.807, 2.05) is 6.08 Å². The largest absolute Gasteiger partial charge is 0.380 e. The molecular weight excluding hydrogens is 226 g/mol. The average molecular weight is 247 g/mol. The molecule has 0 aromatic heterocycles. The van der Waals surface area contributed by atoms with Gasteiger partial charge in [-0.2, -0.15) is 0 Å². The zero-order valence-corrected chi connectivity index (χ0v) is 10.5. The second kappa shape index (κ2) is 7.04. The molecule has 1 heterocycles. The summed E-state index contributed by atoms with van der Waals surface area (Å²) in [4.78, 5) is 0. The molecule has 1 N–H and O–H groups in total. The topological polar surface area (TPSA) is 55.4 Å². The molecule has 5 heteroatoms. The summed E-state index contributed by atoms with van der Waals surface area (Å²) in [6, 6.07) is 0.339. The lowest BCUT2D eigenvalue weighted by molar-refractivity contribution is 0.138. The lowest BCUT2D eigenvalue weighted by Crippen LogP contribution is -2.39. The lowest BCUT2D eigenvalue weighted by Gasteiger charge is -2.22. The zero-order valence-electron chi connectivity index (χ0n) is 9.65. The van der Waals surface area contributed by atoms with Crippen molar-refractivity contribution in [1.29, 1.82) is 0 Å². The van der Waals surface area contributed by atoms with E-state index < -0.39 is 9.84 Å². The van der Waals surface area contributed by atoms with Gasteiger partial charge in [-0.15, -0.1) is 6.58 Å². The van der Waals surface area contributed by atoms with Crippen LogP contribution in [0.3, 0.4) is 0 Å². The first-order valence-corrected chi connectivity index (χ1v) is 7.58. The van der Waals surface area contributed by atoms with Crippen LogP contribution in [-0.2, 0) is 14.6 Å². The molecular formula is C11H21NO3S. The molecule has 0 spiro atoms. The highest BCUT2D eigenvalue weighted by molar-refractivity contribution is 7.91. The fourth-order valence-corrected chi connectivity index (χ4v) is 3.19. The first-order chi connectivity index (χ1) is 7.64. The molecule has 0 radical (unpaired) electrons. The third-order valence-corrected chi connectivity index (χ3v) is 4.42. The van der Waals surface area contributed by atoms with Crippen LogP contribution in [0.5, 0.6) is 0 Å². The number of ether oxygens (including phenoxy) is 1. The number of rotatable bonds is 7. The third-order valence-electron chi connectivity index (χ3n) is 2.70. The van der Waals surface area contributed by atoms with Crippen molar-refractivity contribution in [2.75, 3.05) is 31.3 Å². The Labute approximate surface area is 98.0 Å². The van der Waals surface area contributed by atoms with Crippen LogP contribution in [0.15, 0.2) is 12.7 Å². The fraction of sp³-hybridized carbons (Fsp3) is 0.818. The van der Waals surface area contributed by atoms with Gasteiger partial charge in [-0.05, 0) is 19.3 Å². The molecule has 0 atom stereocenters. The van der Waals surface area contributed by atoms with Crippen LogP contribution in [0.1, 0.15) is 19.3 Å². The van der Waals surface area contributed by atoms with Crippen LogP contribution in [0, 0.1) is 0 Å². The van der Waals surface area contributed by atoms with Crippen LogP contribution in [0.2, 0.25) is 0 Å². The Morgan fingerprint density at radius 1 is 1.31 bits per heavy atom. The average Bonchev–Trinajstić information content (AvgIpc) is 2.25. The normalized spacial score (nSPS) is 20.8. The highest BCUT2D eigenvalue weighted by Crippen LogP contribution is 2.11. The molecule has 4 nitrogen and oxygen atoms in total. The number of hydrogen-bond donors (Lipinski definition) is 1. The molecule has 0 unspecified atom stereocenters. The van der Waals surface area contributed by atoms with Crippen molar-refractivity contribution in [3.05, 3.63) is 12.7 Å². The Hall–Kier alpha value is -0.390. The molecule has 1 rings (SSSR count). The summed E-state index contributed by atoms with van der Waals surface area (Å²) in [6.45, 7) is 5.80. The van der Waals surface area contributed by atoms with E-state index in [4.69, 9.17) is 4.74 Å². The maximum Gasteiger partial charge on any atom is 0.150 e. The van der Waals surface area contributed by atoms with Crippen molar-refractivity contribution in [2.45, 2.75) is 25.3 Å². The van der Waals surface area contributed by atoms with E-state index in [0.717, 1.165) is 25.8 Å². The molecule has 1 aliphatic heterocycles. The van der Waals surface area contributed by atoms with E-state index in [9.17, 15) is 8.42 Å². The summed E-state index contributed by atoms with van der Waals surface area (Å²) >= 11 is 0. The predicted molar refractivity (Wildman–Crippen MR) is 65.3 cm³/mol. The summed E-state index contributed by atoms with van der Waals surface area (Å²) in [5, 5.41) is 3.32. The van der Waals surface area contributed by atoms with E-state index in [1.54, 1.807) is 0 Å². The van der Waals surface area contributed by atoms with Crippen molar-refractivity contribution in [1.82, 2.24) is 5.32 Å².